The summed E-state index contributed by atoms with van der Waals surface area (Å²) in [6.07, 6.45) is 1.26. The average Bonchev–Trinajstić information content (AvgIpc) is 3.27. The van der Waals surface area contributed by atoms with Gasteiger partial charge in [0.2, 0.25) is 11.8 Å². The third-order valence-corrected chi connectivity index (χ3v) is 5.97. The highest BCUT2D eigenvalue weighted by molar-refractivity contribution is 7.99. The van der Waals surface area contributed by atoms with E-state index in [0.29, 0.717) is 28.6 Å². The molecule has 1 N–H and O–H groups in total. The lowest BCUT2D eigenvalue weighted by molar-refractivity contribution is -0.136. The van der Waals surface area contributed by atoms with Gasteiger partial charge in [0.1, 0.15) is 24.2 Å². The van der Waals surface area contributed by atoms with Gasteiger partial charge in [-0.2, -0.15) is 0 Å². The van der Waals surface area contributed by atoms with E-state index in [1.807, 2.05) is 0 Å². The van der Waals surface area contributed by atoms with Crippen molar-refractivity contribution < 1.29 is 18.7 Å². The summed E-state index contributed by atoms with van der Waals surface area (Å²) in [5.74, 6) is 0.199. The molecule has 2 aromatic carbocycles. The van der Waals surface area contributed by atoms with Gasteiger partial charge in [0.25, 0.3) is 5.56 Å². The van der Waals surface area contributed by atoms with Crippen molar-refractivity contribution in [2.24, 2.45) is 0 Å². The van der Waals surface area contributed by atoms with Crippen molar-refractivity contribution in [2.75, 3.05) is 24.1 Å². The Kier molecular flexibility index (Phi) is 5.90. The number of carbonyl (C=O) groups excluding carboxylic acids is 2. The van der Waals surface area contributed by atoms with Crippen LogP contribution in [0.5, 0.6) is 5.75 Å². The molecule has 0 saturated carbocycles. The van der Waals surface area contributed by atoms with E-state index in [9.17, 15) is 18.8 Å². The quantitative estimate of drug-likeness (QED) is 0.650. The number of nitrogens with zero attached hydrogens (tertiary/aromatic N) is 3. The Balaban J connectivity index is 1.48. The van der Waals surface area contributed by atoms with Crippen LogP contribution in [0.2, 0.25) is 0 Å². The predicted molar refractivity (Wildman–Crippen MR) is 116 cm³/mol. The van der Waals surface area contributed by atoms with Crippen molar-refractivity contribution in [2.45, 2.75) is 12.6 Å². The number of nitrogens with one attached hydrogen (secondary N) is 1. The standard InChI is InChI=1S/C21H19FN4O4S/c1-30-15-5-3-14(4-6-15)24-20(28)18-10-31-12-26(18)19(27)9-25-11-23-17-7-2-13(22)8-16(17)21(25)29/h2-8,11,18H,9-10,12H2,1H3,(H,24,28). The van der Waals surface area contributed by atoms with Gasteiger partial charge < -0.3 is 15.0 Å². The molecule has 1 aliphatic rings. The van der Waals surface area contributed by atoms with Gasteiger partial charge in [0.05, 0.1) is 30.2 Å². The maximum atomic E-state index is 13.5. The first-order valence-electron chi connectivity index (χ1n) is 9.43. The van der Waals surface area contributed by atoms with E-state index in [1.165, 1.54) is 35.1 Å². The fraction of sp³-hybridized carbons (Fsp3) is 0.238. The molecular formula is C21H19FN4O4S. The molecule has 8 nitrogen and oxygen atoms in total. The van der Waals surface area contributed by atoms with Crippen molar-refractivity contribution in [3.8, 4) is 5.75 Å². The molecule has 1 saturated heterocycles. The van der Waals surface area contributed by atoms with E-state index in [0.717, 1.165) is 10.6 Å². The summed E-state index contributed by atoms with van der Waals surface area (Å²) < 4.78 is 19.7. The number of halogens is 1. The number of ether oxygens (including phenoxy) is 1. The molecule has 1 unspecified atom stereocenters. The second-order valence-electron chi connectivity index (χ2n) is 6.94. The van der Waals surface area contributed by atoms with Gasteiger partial charge in [-0.25, -0.2) is 9.37 Å². The summed E-state index contributed by atoms with van der Waals surface area (Å²) in [7, 11) is 1.56. The molecule has 1 fully saturated rings. The molecule has 0 bridgehead atoms. The summed E-state index contributed by atoms with van der Waals surface area (Å²) >= 11 is 1.45. The second kappa shape index (κ2) is 8.76. The summed E-state index contributed by atoms with van der Waals surface area (Å²) in [6, 6.07) is 9.94. The molecule has 0 spiro atoms. The number of aromatic nitrogens is 2. The van der Waals surface area contributed by atoms with Gasteiger partial charge in [0, 0.05) is 11.4 Å². The van der Waals surface area contributed by atoms with Crippen molar-refractivity contribution in [3.63, 3.8) is 0 Å². The van der Waals surface area contributed by atoms with Crippen LogP contribution in [0.1, 0.15) is 0 Å². The van der Waals surface area contributed by atoms with Gasteiger partial charge >= 0.3 is 0 Å². The van der Waals surface area contributed by atoms with Gasteiger partial charge in [-0.05, 0) is 42.5 Å². The zero-order valence-electron chi connectivity index (χ0n) is 16.6. The number of hydrogen-bond donors (Lipinski definition) is 1. The molecule has 31 heavy (non-hydrogen) atoms. The molecule has 0 aliphatic carbocycles. The molecule has 160 valence electrons. The molecule has 4 rings (SSSR count). The Morgan fingerprint density at radius 3 is 2.77 bits per heavy atom. The maximum Gasteiger partial charge on any atom is 0.261 e. The fourth-order valence-corrected chi connectivity index (χ4v) is 4.47. The topological polar surface area (TPSA) is 93.5 Å². The van der Waals surface area contributed by atoms with Crippen LogP contribution in [0.15, 0.2) is 53.6 Å². The van der Waals surface area contributed by atoms with Gasteiger partial charge in [-0.3, -0.25) is 19.0 Å². The van der Waals surface area contributed by atoms with Crippen LogP contribution in [0, 0.1) is 5.82 Å². The number of carbonyl (C=O) groups is 2. The SMILES string of the molecule is COc1ccc(NC(=O)C2CSCN2C(=O)Cn2cnc3ccc(F)cc3c2=O)cc1. The molecule has 10 heteroatoms. The number of thioether (sulfide) groups is 1. The smallest absolute Gasteiger partial charge is 0.261 e. The highest BCUT2D eigenvalue weighted by Gasteiger charge is 2.34. The Hall–Kier alpha value is -3.40. The number of fused-ring (bicyclic) bond motifs is 1. The lowest BCUT2D eigenvalue weighted by Gasteiger charge is -2.23. The summed E-state index contributed by atoms with van der Waals surface area (Å²) in [5.41, 5.74) is 0.430. The number of methoxy groups -OCH3 is 1. The normalized spacial score (nSPS) is 15.8. The molecule has 3 aromatic rings. The van der Waals surface area contributed by atoms with Gasteiger partial charge in [-0.15, -0.1) is 11.8 Å². The summed E-state index contributed by atoms with van der Waals surface area (Å²) in [6.45, 7) is -0.287. The Morgan fingerprint density at radius 2 is 2.03 bits per heavy atom. The monoisotopic (exact) mass is 442 g/mol. The number of benzene rings is 2. The first kappa shape index (κ1) is 20.9. The highest BCUT2D eigenvalue weighted by Crippen LogP contribution is 2.23. The molecular weight excluding hydrogens is 423 g/mol. The van der Waals surface area contributed by atoms with Crippen molar-refractivity contribution in [1.29, 1.82) is 0 Å². The van der Waals surface area contributed by atoms with E-state index in [1.54, 1.807) is 31.4 Å². The molecule has 1 aromatic heterocycles. The number of rotatable bonds is 5. The minimum absolute atomic E-state index is 0.0971. The van der Waals surface area contributed by atoms with Crippen LogP contribution in [0.4, 0.5) is 10.1 Å². The zero-order valence-corrected chi connectivity index (χ0v) is 17.4. The highest BCUT2D eigenvalue weighted by atomic mass is 32.2. The predicted octanol–water partition coefficient (Wildman–Crippen LogP) is 2.08. The lowest BCUT2D eigenvalue weighted by atomic mass is 10.2. The average molecular weight is 442 g/mol. The Bertz CT molecular complexity index is 1200. The lowest BCUT2D eigenvalue weighted by Crippen LogP contribution is -2.46. The second-order valence-corrected chi connectivity index (χ2v) is 7.94. The summed E-state index contributed by atoms with van der Waals surface area (Å²) in [5, 5.41) is 2.90. The number of amides is 2. The zero-order chi connectivity index (χ0) is 22.0. The van der Waals surface area contributed by atoms with E-state index in [4.69, 9.17) is 4.74 Å². The summed E-state index contributed by atoms with van der Waals surface area (Å²) in [4.78, 5) is 43.8. The van der Waals surface area contributed by atoms with E-state index >= 15 is 0 Å². The first-order valence-corrected chi connectivity index (χ1v) is 10.6. The Labute approximate surface area is 181 Å². The minimum atomic E-state index is -0.666. The van der Waals surface area contributed by atoms with E-state index in [-0.39, 0.29) is 23.7 Å². The van der Waals surface area contributed by atoms with Crippen LogP contribution in [0.25, 0.3) is 10.9 Å². The van der Waals surface area contributed by atoms with Crippen LogP contribution < -0.4 is 15.6 Å². The molecule has 0 radical (unpaired) electrons. The van der Waals surface area contributed by atoms with Crippen molar-refractivity contribution in [1.82, 2.24) is 14.5 Å². The van der Waals surface area contributed by atoms with Gasteiger partial charge in [0.15, 0.2) is 0 Å². The molecule has 1 atom stereocenters. The van der Waals surface area contributed by atoms with Crippen LogP contribution >= 0.6 is 11.8 Å². The van der Waals surface area contributed by atoms with Crippen molar-refractivity contribution in [3.05, 3.63) is 65.0 Å². The van der Waals surface area contributed by atoms with E-state index < -0.39 is 17.4 Å². The third kappa shape index (κ3) is 4.38. The maximum absolute atomic E-state index is 13.5. The van der Waals surface area contributed by atoms with Crippen LogP contribution in [-0.2, 0) is 16.1 Å². The minimum Gasteiger partial charge on any atom is -0.497 e. The van der Waals surface area contributed by atoms with Gasteiger partial charge in [-0.1, -0.05) is 0 Å². The fourth-order valence-electron chi connectivity index (χ4n) is 3.29. The first-order chi connectivity index (χ1) is 15.0. The number of hydrogen-bond acceptors (Lipinski definition) is 6. The molecule has 2 amide bonds. The van der Waals surface area contributed by atoms with Crippen LogP contribution in [-0.4, -0.2) is 51.0 Å². The Morgan fingerprint density at radius 1 is 1.26 bits per heavy atom. The van der Waals surface area contributed by atoms with Crippen molar-refractivity contribution >= 4 is 40.2 Å². The largest absolute Gasteiger partial charge is 0.497 e. The van der Waals surface area contributed by atoms with E-state index in [2.05, 4.69) is 10.3 Å². The third-order valence-electron chi connectivity index (χ3n) is 4.95. The molecule has 1 aliphatic heterocycles. The number of anilines is 1. The molecule has 2 heterocycles. The van der Waals surface area contributed by atoms with Crippen LogP contribution in [0.3, 0.4) is 0 Å².